The van der Waals surface area contributed by atoms with E-state index in [0.29, 0.717) is 12.3 Å². The number of nitrogens with zero attached hydrogens (tertiary/aromatic N) is 1. The quantitative estimate of drug-likeness (QED) is 0.832. The summed E-state index contributed by atoms with van der Waals surface area (Å²) in [6, 6.07) is 0. The first-order valence-corrected chi connectivity index (χ1v) is 6.12. The molecule has 84 valence electrons. The van der Waals surface area contributed by atoms with Gasteiger partial charge in [0.05, 0.1) is 18.0 Å². The molecule has 1 N–H and O–H groups in total. The summed E-state index contributed by atoms with van der Waals surface area (Å²) in [6.07, 6.45) is 0.332. The zero-order valence-electron chi connectivity index (χ0n) is 9.13. The highest BCUT2D eigenvalue weighted by Gasteiger charge is 2.15. The zero-order chi connectivity index (χ0) is 11.5. The number of hydrogen-bond donors (Lipinski definition) is 1. The second-order valence-electron chi connectivity index (χ2n) is 4.34. The molecule has 0 spiro atoms. The van der Waals surface area contributed by atoms with E-state index < -0.39 is 0 Å². The molecule has 0 saturated heterocycles. The number of carbonyl (C=O) groups is 1. The summed E-state index contributed by atoms with van der Waals surface area (Å²) in [4.78, 5) is 15.8. The number of halogens is 1. The van der Waals surface area contributed by atoms with E-state index in [9.17, 15) is 4.79 Å². The van der Waals surface area contributed by atoms with E-state index >= 15 is 0 Å². The minimum atomic E-state index is -0.191. The third-order valence-corrected chi connectivity index (χ3v) is 2.73. The normalized spacial score (nSPS) is 11.5. The summed E-state index contributed by atoms with van der Waals surface area (Å²) in [7, 11) is 0. The summed E-state index contributed by atoms with van der Waals surface area (Å²) in [6.45, 7) is 5.87. The molecule has 1 amide bonds. The molecule has 0 unspecified atom stereocenters. The molecule has 0 aliphatic carbocycles. The Labute approximate surface area is 98.9 Å². The van der Waals surface area contributed by atoms with Crippen LogP contribution < -0.4 is 5.32 Å². The summed E-state index contributed by atoms with van der Waals surface area (Å²) in [5.74, 6) is 0.398. The molecule has 1 rings (SSSR count). The maximum Gasteiger partial charge on any atom is 0.227 e. The lowest BCUT2D eigenvalue weighted by Gasteiger charge is -2.19. The zero-order valence-corrected chi connectivity index (χ0v) is 10.7. The number of alkyl halides is 1. The van der Waals surface area contributed by atoms with Crippen molar-refractivity contribution < 1.29 is 4.79 Å². The van der Waals surface area contributed by atoms with E-state index in [1.165, 1.54) is 11.3 Å². The van der Waals surface area contributed by atoms with Crippen LogP contribution in [0.1, 0.15) is 31.5 Å². The van der Waals surface area contributed by atoms with E-state index in [-0.39, 0.29) is 11.4 Å². The van der Waals surface area contributed by atoms with E-state index in [1.54, 1.807) is 0 Å². The second-order valence-corrected chi connectivity index (χ2v) is 5.55. The molecule has 5 heteroatoms. The summed E-state index contributed by atoms with van der Waals surface area (Å²) in [5.41, 5.74) is 0.643. The van der Waals surface area contributed by atoms with Crippen molar-refractivity contribution in [2.24, 2.45) is 0 Å². The van der Waals surface area contributed by atoms with E-state index in [0.717, 1.165) is 10.7 Å². The monoisotopic (exact) mass is 246 g/mol. The minimum Gasteiger partial charge on any atom is -0.351 e. The predicted molar refractivity (Wildman–Crippen MR) is 63.3 cm³/mol. The van der Waals surface area contributed by atoms with Crippen LogP contribution >= 0.6 is 22.9 Å². The molecule has 0 saturated carbocycles. The Bertz CT molecular complexity index is 343. The Morgan fingerprint density at radius 2 is 2.27 bits per heavy atom. The molecule has 0 aromatic carbocycles. The number of aromatic nitrogens is 1. The Kier molecular flexibility index (Phi) is 4.11. The fourth-order valence-electron chi connectivity index (χ4n) is 1.09. The number of amides is 1. The second kappa shape index (κ2) is 4.94. The van der Waals surface area contributed by atoms with Crippen molar-refractivity contribution in [2.75, 3.05) is 0 Å². The van der Waals surface area contributed by atoms with Crippen LogP contribution in [-0.4, -0.2) is 16.4 Å². The molecule has 0 fully saturated rings. The van der Waals surface area contributed by atoms with Crippen molar-refractivity contribution in [3.05, 3.63) is 16.1 Å². The lowest BCUT2D eigenvalue weighted by Crippen LogP contribution is -2.41. The maximum absolute atomic E-state index is 11.5. The third kappa shape index (κ3) is 4.62. The Hall–Kier alpha value is -0.610. The first kappa shape index (κ1) is 12.5. The molecule has 0 bridgehead atoms. The van der Waals surface area contributed by atoms with Crippen LogP contribution in [0.3, 0.4) is 0 Å². The largest absolute Gasteiger partial charge is 0.351 e. The first-order chi connectivity index (χ1) is 6.90. The van der Waals surface area contributed by atoms with Crippen LogP contribution in [0.2, 0.25) is 0 Å². The molecular formula is C10H15ClN2OS. The molecule has 0 radical (unpaired) electrons. The summed E-state index contributed by atoms with van der Waals surface area (Å²) < 4.78 is 0. The molecule has 1 aromatic heterocycles. The standard InChI is InChI=1S/C10H15ClN2OS/c1-10(2,3)13-8(14)4-9-12-7(5-11)6-15-9/h6H,4-5H2,1-3H3,(H,13,14). The molecule has 0 atom stereocenters. The Morgan fingerprint density at radius 3 is 2.73 bits per heavy atom. The number of hydrogen-bond acceptors (Lipinski definition) is 3. The number of nitrogens with one attached hydrogen (secondary N) is 1. The number of carbonyl (C=O) groups excluding carboxylic acids is 1. The first-order valence-electron chi connectivity index (χ1n) is 4.71. The van der Waals surface area contributed by atoms with Gasteiger partial charge in [0, 0.05) is 10.9 Å². The molecule has 1 heterocycles. The van der Waals surface area contributed by atoms with Crippen molar-refractivity contribution >= 4 is 28.8 Å². The summed E-state index contributed by atoms with van der Waals surface area (Å²) >= 11 is 7.10. The van der Waals surface area contributed by atoms with E-state index in [2.05, 4.69) is 10.3 Å². The van der Waals surface area contributed by atoms with Gasteiger partial charge in [0.15, 0.2) is 0 Å². The lowest BCUT2D eigenvalue weighted by molar-refractivity contribution is -0.121. The highest BCUT2D eigenvalue weighted by molar-refractivity contribution is 7.09. The van der Waals surface area contributed by atoms with Crippen LogP contribution in [0.15, 0.2) is 5.38 Å². The fraction of sp³-hybridized carbons (Fsp3) is 0.600. The van der Waals surface area contributed by atoms with Gasteiger partial charge in [-0.3, -0.25) is 4.79 Å². The van der Waals surface area contributed by atoms with Gasteiger partial charge in [0.2, 0.25) is 5.91 Å². The van der Waals surface area contributed by atoms with Crippen molar-refractivity contribution in [2.45, 2.75) is 38.6 Å². The smallest absolute Gasteiger partial charge is 0.227 e. The number of thiazole rings is 1. The van der Waals surface area contributed by atoms with Gasteiger partial charge < -0.3 is 5.32 Å². The van der Waals surface area contributed by atoms with Gasteiger partial charge in [0.1, 0.15) is 5.01 Å². The van der Waals surface area contributed by atoms with Gasteiger partial charge in [-0.2, -0.15) is 0 Å². The Balaban J connectivity index is 2.51. The lowest BCUT2D eigenvalue weighted by atomic mass is 10.1. The average molecular weight is 247 g/mol. The van der Waals surface area contributed by atoms with Crippen LogP contribution in [0.4, 0.5) is 0 Å². The molecule has 3 nitrogen and oxygen atoms in total. The van der Waals surface area contributed by atoms with Crippen molar-refractivity contribution in [1.82, 2.24) is 10.3 Å². The topological polar surface area (TPSA) is 42.0 Å². The molecule has 0 aliphatic rings. The van der Waals surface area contributed by atoms with Crippen molar-refractivity contribution in [3.8, 4) is 0 Å². The van der Waals surface area contributed by atoms with Crippen LogP contribution in [-0.2, 0) is 17.1 Å². The van der Waals surface area contributed by atoms with Crippen LogP contribution in [0, 0.1) is 0 Å². The van der Waals surface area contributed by atoms with Gasteiger partial charge in [-0.05, 0) is 20.8 Å². The van der Waals surface area contributed by atoms with Crippen LogP contribution in [0.25, 0.3) is 0 Å². The van der Waals surface area contributed by atoms with Crippen molar-refractivity contribution in [3.63, 3.8) is 0 Å². The van der Waals surface area contributed by atoms with Gasteiger partial charge >= 0.3 is 0 Å². The third-order valence-electron chi connectivity index (χ3n) is 1.56. The van der Waals surface area contributed by atoms with Crippen molar-refractivity contribution in [1.29, 1.82) is 0 Å². The van der Waals surface area contributed by atoms with Crippen LogP contribution in [0.5, 0.6) is 0 Å². The van der Waals surface area contributed by atoms with E-state index in [1.807, 2.05) is 26.2 Å². The summed E-state index contributed by atoms with van der Waals surface area (Å²) in [5, 5.41) is 5.58. The average Bonchev–Trinajstić information content (AvgIpc) is 2.48. The van der Waals surface area contributed by atoms with Gasteiger partial charge in [-0.25, -0.2) is 4.98 Å². The number of rotatable bonds is 3. The van der Waals surface area contributed by atoms with Gasteiger partial charge in [0.25, 0.3) is 0 Å². The minimum absolute atomic E-state index is 0.00188. The van der Waals surface area contributed by atoms with E-state index in [4.69, 9.17) is 11.6 Å². The van der Waals surface area contributed by atoms with Gasteiger partial charge in [-0.15, -0.1) is 22.9 Å². The fourth-order valence-corrected chi connectivity index (χ4v) is 2.11. The molecular weight excluding hydrogens is 232 g/mol. The maximum atomic E-state index is 11.5. The predicted octanol–water partition coefficient (Wildman–Crippen LogP) is 2.34. The molecule has 15 heavy (non-hydrogen) atoms. The SMILES string of the molecule is CC(C)(C)NC(=O)Cc1nc(CCl)cs1. The molecule has 0 aliphatic heterocycles. The highest BCUT2D eigenvalue weighted by atomic mass is 35.5. The highest BCUT2D eigenvalue weighted by Crippen LogP contribution is 2.12. The molecule has 1 aromatic rings. The Morgan fingerprint density at radius 1 is 1.60 bits per heavy atom. The van der Waals surface area contributed by atoms with Gasteiger partial charge in [-0.1, -0.05) is 0 Å².